The summed E-state index contributed by atoms with van der Waals surface area (Å²) in [5.41, 5.74) is 10.5. The second-order valence-corrected chi connectivity index (χ2v) is 4.65. The number of nitrogens with two attached hydrogens (primary N) is 1. The fraction of sp³-hybridized carbons (Fsp3) is 0.538. The molecule has 82 valence electrons. The number of nitrogens with one attached hydrogen (secondary N) is 1. The van der Waals surface area contributed by atoms with Crippen molar-refractivity contribution in [3.8, 4) is 0 Å². The lowest BCUT2D eigenvalue weighted by Crippen LogP contribution is -2.15. The van der Waals surface area contributed by atoms with Crippen molar-refractivity contribution in [2.75, 3.05) is 11.1 Å². The molecule has 0 unspecified atom stereocenters. The third kappa shape index (κ3) is 2.25. The second kappa shape index (κ2) is 4.13. The lowest BCUT2D eigenvalue weighted by atomic mass is 10.1. The van der Waals surface area contributed by atoms with Crippen LogP contribution in [0, 0.1) is 13.8 Å². The Morgan fingerprint density at radius 1 is 1.13 bits per heavy atom. The van der Waals surface area contributed by atoms with Crippen LogP contribution in [0.1, 0.15) is 36.8 Å². The molecule has 0 aromatic heterocycles. The van der Waals surface area contributed by atoms with Crippen molar-refractivity contribution in [2.24, 2.45) is 0 Å². The molecule has 0 amide bonds. The first-order valence-electron chi connectivity index (χ1n) is 5.80. The molecule has 0 spiro atoms. The number of hydrogen-bond donors (Lipinski definition) is 2. The van der Waals surface area contributed by atoms with E-state index in [4.69, 9.17) is 5.73 Å². The molecule has 2 rings (SSSR count). The van der Waals surface area contributed by atoms with Crippen LogP contribution < -0.4 is 11.1 Å². The van der Waals surface area contributed by atoms with Gasteiger partial charge in [-0.05, 0) is 43.9 Å². The highest BCUT2D eigenvalue weighted by Gasteiger charge is 2.15. The SMILES string of the molecule is Cc1cc(C)c(NC2CCCC2)cc1N. The van der Waals surface area contributed by atoms with E-state index in [2.05, 4.69) is 31.3 Å². The normalized spacial score (nSPS) is 16.9. The van der Waals surface area contributed by atoms with Crippen LogP contribution in [-0.4, -0.2) is 6.04 Å². The summed E-state index contributed by atoms with van der Waals surface area (Å²) in [6, 6.07) is 4.89. The number of hydrogen-bond acceptors (Lipinski definition) is 2. The molecular weight excluding hydrogens is 184 g/mol. The minimum Gasteiger partial charge on any atom is -0.398 e. The fourth-order valence-electron chi connectivity index (χ4n) is 2.31. The molecule has 2 nitrogen and oxygen atoms in total. The summed E-state index contributed by atoms with van der Waals surface area (Å²) in [5, 5.41) is 3.60. The van der Waals surface area contributed by atoms with Gasteiger partial charge in [-0.15, -0.1) is 0 Å². The summed E-state index contributed by atoms with van der Waals surface area (Å²) in [5.74, 6) is 0. The van der Waals surface area contributed by atoms with Crippen LogP contribution in [0.2, 0.25) is 0 Å². The highest BCUT2D eigenvalue weighted by Crippen LogP contribution is 2.27. The van der Waals surface area contributed by atoms with Crippen molar-refractivity contribution in [2.45, 2.75) is 45.6 Å². The quantitative estimate of drug-likeness (QED) is 0.726. The highest BCUT2D eigenvalue weighted by molar-refractivity contribution is 5.63. The zero-order valence-corrected chi connectivity index (χ0v) is 9.64. The molecule has 1 saturated carbocycles. The molecule has 2 heteroatoms. The Labute approximate surface area is 91.9 Å². The van der Waals surface area contributed by atoms with Gasteiger partial charge in [0.15, 0.2) is 0 Å². The summed E-state index contributed by atoms with van der Waals surface area (Å²) in [7, 11) is 0. The Morgan fingerprint density at radius 3 is 2.47 bits per heavy atom. The number of anilines is 2. The second-order valence-electron chi connectivity index (χ2n) is 4.65. The molecule has 0 radical (unpaired) electrons. The van der Waals surface area contributed by atoms with Crippen molar-refractivity contribution in [3.05, 3.63) is 23.3 Å². The maximum Gasteiger partial charge on any atom is 0.0392 e. The van der Waals surface area contributed by atoms with Crippen molar-refractivity contribution >= 4 is 11.4 Å². The molecule has 15 heavy (non-hydrogen) atoms. The Hall–Kier alpha value is -1.18. The predicted octanol–water partition coefficient (Wildman–Crippen LogP) is 3.24. The van der Waals surface area contributed by atoms with Crippen molar-refractivity contribution in [1.29, 1.82) is 0 Å². The molecule has 0 aliphatic heterocycles. The molecule has 1 aliphatic carbocycles. The highest BCUT2D eigenvalue weighted by atomic mass is 14.9. The topological polar surface area (TPSA) is 38.0 Å². The van der Waals surface area contributed by atoms with Crippen LogP contribution in [0.5, 0.6) is 0 Å². The third-order valence-corrected chi connectivity index (χ3v) is 3.33. The van der Waals surface area contributed by atoms with Gasteiger partial charge in [-0.2, -0.15) is 0 Å². The molecular formula is C13H20N2. The number of nitrogen functional groups attached to an aromatic ring is 1. The Bertz CT molecular complexity index is 352. The van der Waals surface area contributed by atoms with Gasteiger partial charge >= 0.3 is 0 Å². The van der Waals surface area contributed by atoms with Crippen LogP contribution in [0.15, 0.2) is 12.1 Å². The lowest BCUT2D eigenvalue weighted by Gasteiger charge is -2.17. The van der Waals surface area contributed by atoms with Crippen molar-refractivity contribution in [1.82, 2.24) is 0 Å². The van der Waals surface area contributed by atoms with Gasteiger partial charge in [0, 0.05) is 17.4 Å². The summed E-state index contributed by atoms with van der Waals surface area (Å²) in [6.45, 7) is 4.20. The minimum absolute atomic E-state index is 0.658. The van der Waals surface area contributed by atoms with Gasteiger partial charge in [0.05, 0.1) is 0 Å². The molecule has 1 aromatic carbocycles. The van der Waals surface area contributed by atoms with Gasteiger partial charge in [-0.25, -0.2) is 0 Å². The van der Waals surface area contributed by atoms with E-state index in [-0.39, 0.29) is 0 Å². The van der Waals surface area contributed by atoms with Gasteiger partial charge in [-0.3, -0.25) is 0 Å². The van der Waals surface area contributed by atoms with E-state index in [1.807, 2.05) is 0 Å². The fourth-order valence-corrected chi connectivity index (χ4v) is 2.31. The van der Waals surface area contributed by atoms with Crippen molar-refractivity contribution < 1.29 is 0 Å². The maximum absolute atomic E-state index is 5.92. The van der Waals surface area contributed by atoms with Crippen LogP contribution >= 0.6 is 0 Å². The van der Waals surface area contributed by atoms with Gasteiger partial charge in [0.1, 0.15) is 0 Å². The van der Waals surface area contributed by atoms with Crippen LogP contribution in [0.4, 0.5) is 11.4 Å². The maximum atomic E-state index is 5.92. The molecule has 0 atom stereocenters. The van der Waals surface area contributed by atoms with Crippen molar-refractivity contribution in [3.63, 3.8) is 0 Å². The molecule has 0 bridgehead atoms. The Kier molecular flexibility index (Phi) is 2.85. The van der Waals surface area contributed by atoms with E-state index in [1.165, 1.54) is 42.5 Å². The average molecular weight is 204 g/mol. The van der Waals surface area contributed by atoms with Crippen LogP contribution in [-0.2, 0) is 0 Å². The van der Waals surface area contributed by atoms with Gasteiger partial charge in [0.2, 0.25) is 0 Å². The number of benzene rings is 1. The molecule has 0 heterocycles. The summed E-state index contributed by atoms with van der Waals surface area (Å²) >= 11 is 0. The van der Waals surface area contributed by atoms with E-state index in [0.717, 1.165) is 5.69 Å². The zero-order valence-electron chi connectivity index (χ0n) is 9.64. The largest absolute Gasteiger partial charge is 0.398 e. The zero-order chi connectivity index (χ0) is 10.8. The third-order valence-electron chi connectivity index (χ3n) is 3.33. The number of aryl methyl sites for hydroxylation is 2. The van der Waals surface area contributed by atoms with E-state index >= 15 is 0 Å². The molecule has 3 N–H and O–H groups in total. The first kappa shape index (κ1) is 10.3. The predicted molar refractivity (Wildman–Crippen MR) is 66.2 cm³/mol. The first-order valence-corrected chi connectivity index (χ1v) is 5.80. The summed E-state index contributed by atoms with van der Waals surface area (Å²) in [4.78, 5) is 0. The average Bonchev–Trinajstić information content (AvgIpc) is 2.67. The van der Waals surface area contributed by atoms with E-state index < -0.39 is 0 Å². The van der Waals surface area contributed by atoms with Gasteiger partial charge in [0.25, 0.3) is 0 Å². The van der Waals surface area contributed by atoms with E-state index in [9.17, 15) is 0 Å². The molecule has 1 fully saturated rings. The monoisotopic (exact) mass is 204 g/mol. The van der Waals surface area contributed by atoms with Gasteiger partial charge in [-0.1, -0.05) is 18.9 Å². The summed E-state index contributed by atoms with van der Waals surface area (Å²) < 4.78 is 0. The summed E-state index contributed by atoms with van der Waals surface area (Å²) in [6.07, 6.45) is 5.32. The van der Waals surface area contributed by atoms with Gasteiger partial charge < -0.3 is 11.1 Å². The molecule has 1 aliphatic rings. The van der Waals surface area contributed by atoms with Crippen LogP contribution in [0.3, 0.4) is 0 Å². The van der Waals surface area contributed by atoms with E-state index in [1.54, 1.807) is 0 Å². The number of rotatable bonds is 2. The molecule has 1 aromatic rings. The Morgan fingerprint density at radius 2 is 1.80 bits per heavy atom. The Balaban J connectivity index is 2.16. The van der Waals surface area contributed by atoms with E-state index in [0.29, 0.717) is 6.04 Å². The minimum atomic E-state index is 0.658. The standard InChI is InChI=1S/C13H20N2/c1-9-7-10(2)13(8-12(9)14)15-11-5-3-4-6-11/h7-8,11,15H,3-6,14H2,1-2H3. The smallest absolute Gasteiger partial charge is 0.0392 e. The molecule has 0 saturated heterocycles. The van der Waals surface area contributed by atoms with Crippen LogP contribution in [0.25, 0.3) is 0 Å². The first-order chi connectivity index (χ1) is 7.16. The lowest BCUT2D eigenvalue weighted by molar-refractivity contribution is 0.754.